The van der Waals surface area contributed by atoms with Gasteiger partial charge < -0.3 is 4.98 Å². The number of aromatic amines is 1. The van der Waals surface area contributed by atoms with Crippen molar-refractivity contribution in [2.24, 2.45) is 0 Å². The smallest absolute Gasteiger partial charge is 0.254 e. The Morgan fingerprint density at radius 3 is 2.84 bits per heavy atom. The number of thiophene rings is 1. The fraction of sp³-hybridized carbons (Fsp3) is 0.200. The largest absolute Gasteiger partial charge is 0.306 e. The number of rotatable bonds is 2. The van der Waals surface area contributed by atoms with Crippen LogP contribution in [0, 0.1) is 6.92 Å². The number of aromatic nitrogens is 2. The second-order valence-corrected chi connectivity index (χ2v) is 5.39. The minimum Gasteiger partial charge on any atom is -0.306 e. The van der Waals surface area contributed by atoms with Gasteiger partial charge in [-0.25, -0.2) is 4.98 Å². The first kappa shape index (κ1) is 12.1. The molecule has 96 valence electrons. The summed E-state index contributed by atoms with van der Waals surface area (Å²) < 4.78 is 1.21. The predicted octanol–water partition coefficient (Wildman–Crippen LogP) is 3.52. The Kier molecular flexibility index (Phi) is 2.95. The van der Waals surface area contributed by atoms with Gasteiger partial charge in [-0.2, -0.15) is 0 Å². The summed E-state index contributed by atoms with van der Waals surface area (Å²) in [5.41, 5.74) is 2.56. The summed E-state index contributed by atoms with van der Waals surface area (Å²) in [5.74, 6) is 0.664. The van der Waals surface area contributed by atoms with Crippen molar-refractivity contribution in [1.82, 2.24) is 9.97 Å². The summed E-state index contributed by atoms with van der Waals surface area (Å²) >= 11 is 1.67. The lowest BCUT2D eigenvalue weighted by Gasteiger charge is -2.04. The van der Waals surface area contributed by atoms with Crippen LogP contribution in [0.2, 0.25) is 0 Å². The topological polar surface area (TPSA) is 45.8 Å². The van der Waals surface area contributed by atoms with Crippen LogP contribution in [0.15, 0.2) is 34.4 Å². The van der Waals surface area contributed by atoms with Gasteiger partial charge in [0.15, 0.2) is 0 Å². The Labute approximate surface area is 115 Å². The van der Waals surface area contributed by atoms with Gasteiger partial charge in [0.25, 0.3) is 5.56 Å². The van der Waals surface area contributed by atoms with Gasteiger partial charge in [0.2, 0.25) is 0 Å². The maximum absolute atomic E-state index is 12.0. The third kappa shape index (κ3) is 1.98. The predicted molar refractivity (Wildman–Crippen MR) is 79.8 cm³/mol. The van der Waals surface area contributed by atoms with Gasteiger partial charge in [-0.3, -0.25) is 4.79 Å². The van der Waals surface area contributed by atoms with Crippen LogP contribution in [0.4, 0.5) is 0 Å². The van der Waals surface area contributed by atoms with E-state index < -0.39 is 0 Å². The van der Waals surface area contributed by atoms with Crippen molar-refractivity contribution in [1.29, 1.82) is 0 Å². The zero-order valence-corrected chi connectivity index (χ0v) is 11.7. The van der Waals surface area contributed by atoms with Gasteiger partial charge in [-0.05, 0) is 19.4 Å². The van der Waals surface area contributed by atoms with Gasteiger partial charge >= 0.3 is 0 Å². The molecular weight excluding hydrogens is 256 g/mol. The molecule has 0 saturated carbocycles. The molecule has 0 aliphatic carbocycles. The number of nitrogens with one attached hydrogen (secondary N) is 1. The van der Waals surface area contributed by atoms with Crippen LogP contribution in [0.3, 0.4) is 0 Å². The molecule has 3 rings (SSSR count). The van der Waals surface area contributed by atoms with E-state index in [4.69, 9.17) is 0 Å². The van der Waals surface area contributed by atoms with E-state index in [1.807, 2.05) is 31.4 Å². The molecule has 0 aliphatic heterocycles. The maximum atomic E-state index is 12.0. The van der Waals surface area contributed by atoms with Crippen LogP contribution in [0.25, 0.3) is 21.5 Å². The lowest BCUT2D eigenvalue weighted by molar-refractivity contribution is 0.969. The lowest BCUT2D eigenvalue weighted by atomic mass is 10.1. The molecular formula is C15H14N2OS. The van der Waals surface area contributed by atoms with Crippen molar-refractivity contribution < 1.29 is 0 Å². The normalized spacial score (nSPS) is 11.1. The highest BCUT2D eigenvalue weighted by Gasteiger charge is 2.11. The Balaban J connectivity index is 2.25. The zero-order valence-electron chi connectivity index (χ0n) is 10.9. The van der Waals surface area contributed by atoms with E-state index in [2.05, 4.69) is 22.1 Å². The minimum atomic E-state index is -0.0275. The van der Waals surface area contributed by atoms with E-state index in [1.165, 1.54) is 4.70 Å². The Hall–Kier alpha value is -1.94. The van der Waals surface area contributed by atoms with Crippen LogP contribution < -0.4 is 5.56 Å². The summed E-state index contributed by atoms with van der Waals surface area (Å²) in [6, 6.07) is 8.16. The van der Waals surface area contributed by atoms with Crippen LogP contribution in [-0.4, -0.2) is 9.97 Å². The summed E-state index contributed by atoms with van der Waals surface area (Å²) in [4.78, 5) is 19.5. The van der Waals surface area contributed by atoms with Crippen LogP contribution in [0.1, 0.15) is 18.2 Å². The second kappa shape index (κ2) is 4.63. The number of hydrogen-bond donors (Lipinski definition) is 1. The van der Waals surface area contributed by atoms with Crippen molar-refractivity contribution in [2.45, 2.75) is 20.3 Å². The van der Waals surface area contributed by atoms with Gasteiger partial charge in [-0.15, -0.1) is 11.3 Å². The van der Waals surface area contributed by atoms with Crippen LogP contribution in [-0.2, 0) is 6.42 Å². The molecule has 0 radical (unpaired) electrons. The molecule has 3 nitrogen and oxygen atoms in total. The molecule has 19 heavy (non-hydrogen) atoms. The molecule has 0 atom stereocenters. The van der Waals surface area contributed by atoms with Gasteiger partial charge in [0, 0.05) is 32.3 Å². The molecule has 0 fully saturated rings. The number of H-pyrrole nitrogens is 1. The second-order valence-electron chi connectivity index (χ2n) is 4.48. The molecule has 0 amide bonds. The van der Waals surface area contributed by atoms with Crippen molar-refractivity contribution in [3.05, 3.63) is 51.3 Å². The standard InChI is InChI=1S/C15H14N2OS/c1-3-10-9(2)16-14(17-15(10)18)12-8-19-13-7-5-4-6-11(12)13/h4-8H,3H2,1-2H3,(H,16,17,18). The Bertz CT molecular complexity index is 801. The average molecular weight is 270 g/mol. The first-order chi connectivity index (χ1) is 9.20. The summed E-state index contributed by atoms with van der Waals surface area (Å²) in [5, 5.41) is 3.19. The number of nitrogens with zero attached hydrogens (tertiary/aromatic N) is 1. The third-order valence-corrected chi connectivity index (χ3v) is 4.28. The van der Waals surface area contributed by atoms with E-state index >= 15 is 0 Å². The molecule has 1 aromatic carbocycles. The van der Waals surface area contributed by atoms with E-state index in [1.54, 1.807) is 11.3 Å². The molecule has 0 bridgehead atoms. The molecule has 0 saturated heterocycles. The van der Waals surface area contributed by atoms with E-state index in [0.29, 0.717) is 12.2 Å². The highest BCUT2D eigenvalue weighted by molar-refractivity contribution is 7.17. The zero-order chi connectivity index (χ0) is 13.4. The van der Waals surface area contributed by atoms with Crippen molar-refractivity contribution in [2.75, 3.05) is 0 Å². The van der Waals surface area contributed by atoms with Gasteiger partial charge in [-0.1, -0.05) is 25.1 Å². The number of benzene rings is 1. The molecule has 2 aromatic heterocycles. The third-order valence-electron chi connectivity index (χ3n) is 3.31. The minimum absolute atomic E-state index is 0.0275. The molecule has 0 unspecified atom stereocenters. The highest BCUT2D eigenvalue weighted by atomic mass is 32.1. The fourth-order valence-corrected chi connectivity index (χ4v) is 3.26. The van der Waals surface area contributed by atoms with E-state index in [9.17, 15) is 4.79 Å². The number of aryl methyl sites for hydroxylation is 1. The van der Waals surface area contributed by atoms with Gasteiger partial charge in [0.1, 0.15) is 5.82 Å². The summed E-state index contributed by atoms with van der Waals surface area (Å²) in [6.45, 7) is 3.87. The Morgan fingerprint density at radius 2 is 2.11 bits per heavy atom. The molecule has 3 aromatic rings. The average Bonchev–Trinajstić information content (AvgIpc) is 2.82. The fourth-order valence-electron chi connectivity index (χ4n) is 2.32. The first-order valence-electron chi connectivity index (χ1n) is 6.27. The van der Waals surface area contributed by atoms with Crippen molar-refractivity contribution in [3.8, 4) is 11.4 Å². The van der Waals surface area contributed by atoms with Crippen molar-refractivity contribution in [3.63, 3.8) is 0 Å². The van der Waals surface area contributed by atoms with E-state index in [0.717, 1.165) is 22.2 Å². The SMILES string of the molecule is CCc1c(C)nc(-c2csc3ccccc23)[nH]c1=O. The lowest BCUT2D eigenvalue weighted by Crippen LogP contribution is -2.16. The highest BCUT2D eigenvalue weighted by Crippen LogP contribution is 2.31. The number of hydrogen-bond acceptors (Lipinski definition) is 3. The summed E-state index contributed by atoms with van der Waals surface area (Å²) in [6.07, 6.45) is 0.707. The molecule has 0 aliphatic rings. The van der Waals surface area contributed by atoms with Crippen LogP contribution >= 0.6 is 11.3 Å². The van der Waals surface area contributed by atoms with Gasteiger partial charge in [0.05, 0.1) is 0 Å². The van der Waals surface area contributed by atoms with E-state index in [-0.39, 0.29) is 5.56 Å². The van der Waals surface area contributed by atoms with Crippen LogP contribution in [0.5, 0.6) is 0 Å². The molecule has 1 N–H and O–H groups in total. The quantitative estimate of drug-likeness (QED) is 0.774. The Morgan fingerprint density at radius 1 is 1.32 bits per heavy atom. The maximum Gasteiger partial charge on any atom is 0.254 e. The number of fused-ring (bicyclic) bond motifs is 1. The monoisotopic (exact) mass is 270 g/mol. The summed E-state index contributed by atoms with van der Waals surface area (Å²) in [7, 11) is 0. The molecule has 4 heteroatoms. The van der Waals surface area contributed by atoms with Crippen molar-refractivity contribution >= 4 is 21.4 Å². The molecule has 2 heterocycles. The first-order valence-corrected chi connectivity index (χ1v) is 7.15. The molecule has 0 spiro atoms.